The second-order valence-corrected chi connectivity index (χ2v) is 7.18. The van der Waals surface area contributed by atoms with Crippen LogP contribution in [-0.2, 0) is 17.8 Å². The number of nitrogens with one attached hydrogen (secondary N) is 1. The van der Waals surface area contributed by atoms with Gasteiger partial charge in [-0.1, -0.05) is 6.07 Å². The second kappa shape index (κ2) is 6.86. The van der Waals surface area contributed by atoms with Gasteiger partial charge in [-0.25, -0.2) is 0 Å². The number of hydrogen-bond donors (Lipinski definition) is 1. The number of ether oxygens (including phenoxy) is 1. The summed E-state index contributed by atoms with van der Waals surface area (Å²) in [5.74, 6) is 0. The zero-order valence-electron chi connectivity index (χ0n) is 14.0. The lowest BCUT2D eigenvalue weighted by molar-refractivity contribution is -0.0707. The van der Waals surface area contributed by atoms with Crippen LogP contribution in [-0.4, -0.2) is 40.7 Å². The minimum Gasteiger partial charge on any atom is -0.373 e. The topological polar surface area (TPSA) is 37.4 Å². The Bertz CT molecular complexity index is 446. The van der Waals surface area contributed by atoms with E-state index in [9.17, 15) is 0 Å². The molecule has 1 aliphatic heterocycles. The molecule has 1 aromatic rings. The van der Waals surface area contributed by atoms with Crippen molar-refractivity contribution < 1.29 is 4.74 Å². The van der Waals surface area contributed by atoms with E-state index < -0.39 is 0 Å². The molecule has 1 fully saturated rings. The van der Waals surface area contributed by atoms with Crippen LogP contribution in [0.25, 0.3) is 0 Å². The van der Waals surface area contributed by atoms with Gasteiger partial charge < -0.3 is 10.1 Å². The SMILES string of the molecule is CC1CN(Cc2cccc(CNC(C)(C)C)n2)CC(C)O1. The lowest BCUT2D eigenvalue weighted by atomic mass is 10.1. The highest BCUT2D eigenvalue weighted by molar-refractivity contribution is 5.11. The molecule has 4 heteroatoms. The molecule has 2 rings (SSSR count). The molecule has 0 amide bonds. The molecule has 2 heterocycles. The van der Waals surface area contributed by atoms with E-state index in [4.69, 9.17) is 9.72 Å². The van der Waals surface area contributed by atoms with Crippen LogP contribution in [0.4, 0.5) is 0 Å². The van der Waals surface area contributed by atoms with Gasteiger partial charge in [0.15, 0.2) is 0 Å². The summed E-state index contributed by atoms with van der Waals surface area (Å²) in [6.07, 6.45) is 0.610. The lowest BCUT2D eigenvalue weighted by Gasteiger charge is -2.35. The molecule has 0 aliphatic carbocycles. The van der Waals surface area contributed by atoms with Gasteiger partial charge in [0.2, 0.25) is 0 Å². The third-order valence-electron chi connectivity index (χ3n) is 3.55. The minimum atomic E-state index is 0.118. The Morgan fingerprint density at radius 2 is 1.81 bits per heavy atom. The van der Waals surface area contributed by atoms with Crippen LogP contribution in [0.5, 0.6) is 0 Å². The number of rotatable bonds is 4. The van der Waals surface area contributed by atoms with Crippen molar-refractivity contribution in [2.24, 2.45) is 0 Å². The van der Waals surface area contributed by atoms with Crippen LogP contribution in [0.15, 0.2) is 18.2 Å². The molecule has 0 saturated carbocycles. The molecular formula is C17H29N3O. The standard InChI is InChI=1S/C17H29N3O/c1-13-10-20(11-14(2)21-13)12-16-8-6-7-15(19-16)9-18-17(3,4)5/h6-8,13-14,18H,9-12H2,1-5H3. The largest absolute Gasteiger partial charge is 0.373 e. The smallest absolute Gasteiger partial charge is 0.0678 e. The fourth-order valence-electron chi connectivity index (χ4n) is 2.71. The molecule has 0 bridgehead atoms. The Balaban J connectivity index is 1.94. The maximum absolute atomic E-state index is 5.78. The molecule has 0 spiro atoms. The van der Waals surface area contributed by atoms with Gasteiger partial charge in [-0.05, 0) is 46.8 Å². The maximum Gasteiger partial charge on any atom is 0.0678 e. The lowest BCUT2D eigenvalue weighted by Crippen LogP contribution is -2.45. The summed E-state index contributed by atoms with van der Waals surface area (Å²) in [7, 11) is 0. The van der Waals surface area contributed by atoms with Crippen LogP contribution in [0, 0.1) is 0 Å². The van der Waals surface area contributed by atoms with Gasteiger partial charge in [0.05, 0.1) is 23.6 Å². The van der Waals surface area contributed by atoms with Gasteiger partial charge in [0.1, 0.15) is 0 Å². The molecule has 2 unspecified atom stereocenters. The van der Waals surface area contributed by atoms with E-state index in [1.165, 1.54) is 0 Å². The van der Waals surface area contributed by atoms with Crippen LogP contribution in [0.2, 0.25) is 0 Å². The Morgan fingerprint density at radius 3 is 2.43 bits per heavy atom. The minimum absolute atomic E-state index is 0.118. The molecule has 0 aromatic carbocycles. The van der Waals surface area contributed by atoms with E-state index in [-0.39, 0.29) is 5.54 Å². The fourth-order valence-corrected chi connectivity index (χ4v) is 2.71. The van der Waals surface area contributed by atoms with Crippen LogP contribution in [0.1, 0.15) is 46.0 Å². The Labute approximate surface area is 128 Å². The van der Waals surface area contributed by atoms with Crippen LogP contribution in [0.3, 0.4) is 0 Å². The molecule has 1 N–H and O–H groups in total. The summed E-state index contributed by atoms with van der Waals surface area (Å²) >= 11 is 0. The molecule has 1 saturated heterocycles. The van der Waals surface area contributed by atoms with Crippen molar-refractivity contribution in [2.45, 2.75) is 65.5 Å². The van der Waals surface area contributed by atoms with Crippen molar-refractivity contribution >= 4 is 0 Å². The Hall–Kier alpha value is -0.970. The molecule has 4 nitrogen and oxygen atoms in total. The summed E-state index contributed by atoms with van der Waals surface area (Å²) in [4.78, 5) is 7.21. The molecule has 2 atom stereocenters. The van der Waals surface area contributed by atoms with Crippen molar-refractivity contribution in [3.05, 3.63) is 29.6 Å². The van der Waals surface area contributed by atoms with Gasteiger partial charge in [0, 0.05) is 31.7 Å². The van der Waals surface area contributed by atoms with E-state index in [1.54, 1.807) is 0 Å². The van der Waals surface area contributed by atoms with Crippen LogP contribution >= 0.6 is 0 Å². The molecule has 21 heavy (non-hydrogen) atoms. The number of morpholine rings is 1. The first-order chi connectivity index (χ1) is 9.82. The average molecular weight is 291 g/mol. The first-order valence-electron chi connectivity index (χ1n) is 7.89. The van der Waals surface area contributed by atoms with Gasteiger partial charge in [-0.2, -0.15) is 0 Å². The van der Waals surface area contributed by atoms with Crippen LogP contribution < -0.4 is 5.32 Å². The Morgan fingerprint density at radius 1 is 1.19 bits per heavy atom. The van der Waals surface area contributed by atoms with Crippen molar-refractivity contribution in [2.75, 3.05) is 13.1 Å². The Kier molecular flexibility index (Phi) is 5.36. The fraction of sp³-hybridized carbons (Fsp3) is 0.706. The van der Waals surface area contributed by atoms with E-state index in [2.05, 4.69) is 63.0 Å². The first-order valence-corrected chi connectivity index (χ1v) is 7.89. The highest BCUT2D eigenvalue weighted by Crippen LogP contribution is 2.13. The van der Waals surface area contributed by atoms with E-state index in [0.29, 0.717) is 12.2 Å². The van der Waals surface area contributed by atoms with Crippen molar-refractivity contribution in [3.8, 4) is 0 Å². The highest BCUT2D eigenvalue weighted by Gasteiger charge is 2.22. The van der Waals surface area contributed by atoms with Crippen molar-refractivity contribution in [1.82, 2.24) is 15.2 Å². The molecule has 1 aliphatic rings. The summed E-state index contributed by atoms with van der Waals surface area (Å²) < 4.78 is 5.78. The predicted molar refractivity (Wildman–Crippen MR) is 86.1 cm³/mol. The second-order valence-electron chi connectivity index (χ2n) is 7.18. The quantitative estimate of drug-likeness (QED) is 0.925. The highest BCUT2D eigenvalue weighted by atomic mass is 16.5. The predicted octanol–water partition coefficient (Wildman–Crippen LogP) is 2.58. The van der Waals surface area contributed by atoms with Gasteiger partial charge in [-0.15, -0.1) is 0 Å². The summed E-state index contributed by atoms with van der Waals surface area (Å²) in [6, 6.07) is 6.31. The summed E-state index contributed by atoms with van der Waals surface area (Å²) in [6.45, 7) is 14.5. The zero-order chi connectivity index (χ0) is 15.5. The first kappa shape index (κ1) is 16.4. The zero-order valence-corrected chi connectivity index (χ0v) is 14.0. The van der Waals surface area contributed by atoms with Crippen molar-refractivity contribution in [1.29, 1.82) is 0 Å². The maximum atomic E-state index is 5.78. The van der Waals surface area contributed by atoms with Gasteiger partial charge in [-0.3, -0.25) is 9.88 Å². The summed E-state index contributed by atoms with van der Waals surface area (Å²) in [5, 5.41) is 3.49. The third-order valence-corrected chi connectivity index (χ3v) is 3.55. The normalized spacial score (nSPS) is 24.2. The van der Waals surface area contributed by atoms with Gasteiger partial charge in [0.25, 0.3) is 0 Å². The summed E-state index contributed by atoms with van der Waals surface area (Å²) in [5.41, 5.74) is 2.37. The molecule has 0 radical (unpaired) electrons. The number of pyridine rings is 1. The molecule has 118 valence electrons. The molecule has 1 aromatic heterocycles. The molecular weight excluding hydrogens is 262 g/mol. The number of hydrogen-bond acceptors (Lipinski definition) is 4. The monoisotopic (exact) mass is 291 g/mol. The number of nitrogens with zero attached hydrogens (tertiary/aromatic N) is 2. The average Bonchev–Trinajstić information content (AvgIpc) is 2.35. The van der Waals surface area contributed by atoms with E-state index in [0.717, 1.165) is 37.6 Å². The third kappa shape index (κ3) is 5.73. The number of aromatic nitrogens is 1. The van der Waals surface area contributed by atoms with Gasteiger partial charge >= 0.3 is 0 Å². The van der Waals surface area contributed by atoms with Crippen molar-refractivity contribution in [3.63, 3.8) is 0 Å². The van der Waals surface area contributed by atoms with E-state index in [1.807, 2.05) is 0 Å². The van der Waals surface area contributed by atoms with E-state index >= 15 is 0 Å².